The van der Waals surface area contributed by atoms with E-state index < -0.39 is 0 Å². The average Bonchev–Trinajstić information content (AvgIpc) is 2.77. The van der Waals surface area contributed by atoms with Crippen molar-refractivity contribution in [2.24, 2.45) is 0 Å². The maximum Gasteiger partial charge on any atom is 0.205 e. The van der Waals surface area contributed by atoms with E-state index in [0.717, 1.165) is 28.0 Å². The first-order valence-corrected chi connectivity index (χ1v) is 6.67. The second-order valence-electron chi connectivity index (χ2n) is 4.68. The molecule has 0 amide bonds. The molecule has 3 aromatic rings. The summed E-state index contributed by atoms with van der Waals surface area (Å²) in [6, 6.07) is 14.0. The standard InChI is InChI=1S/C16H17N3O/c1-3-20-13-8-5-7-12(10-13)19-14-9-4-6-11(2)15(14)18-16(19)17/h4-10H,3H2,1-2H3,(H2,17,18). The van der Waals surface area contributed by atoms with Crippen molar-refractivity contribution in [1.29, 1.82) is 0 Å². The van der Waals surface area contributed by atoms with Crippen LogP contribution in [0.15, 0.2) is 42.5 Å². The van der Waals surface area contributed by atoms with Gasteiger partial charge in [0.25, 0.3) is 0 Å². The molecule has 0 unspecified atom stereocenters. The molecule has 1 aromatic heterocycles. The molecule has 0 saturated carbocycles. The lowest BCUT2D eigenvalue weighted by molar-refractivity contribution is 0.340. The Labute approximate surface area is 117 Å². The highest BCUT2D eigenvalue weighted by atomic mass is 16.5. The number of ether oxygens (including phenoxy) is 1. The van der Waals surface area contributed by atoms with Crippen LogP contribution in [0.4, 0.5) is 5.95 Å². The summed E-state index contributed by atoms with van der Waals surface area (Å²) in [7, 11) is 0. The first-order valence-electron chi connectivity index (χ1n) is 6.67. The van der Waals surface area contributed by atoms with Crippen molar-refractivity contribution in [2.45, 2.75) is 13.8 Å². The Morgan fingerprint density at radius 1 is 1.20 bits per heavy atom. The largest absolute Gasteiger partial charge is 0.494 e. The number of hydrogen-bond acceptors (Lipinski definition) is 3. The van der Waals surface area contributed by atoms with Gasteiger partial charge in [-0.15, -0.1) is 0 Å². The van der Waals surface area contributed by atoms with Gasteiger partial charge in [0, 0.05) is 6.07 Å². The van der Waals surface area contributed by atoms with E-state index in [1.54, 1.807) is 0 Å². The van der Waals surface area contributed by atoms with Gasteiger partial charge in [-0.05, 0) is 37.6 Å². The Bertz CT molecular complexity index is 762. The normalized spacial score (nSPS) is 10.9. The van der Waals surface area contributed by atoms with E-state index in [4.69, 9.17) is 10.5 Å². The molecular formula is C16H17N3O. The summed E-state index contributed by atoms with van der Waals surface area (Å²) in [4.78, 5) is 4.46. The third-order valence-electron chi connectivity index (χ3n) is 3.30. The number of para-hydroxylation sites is 1. The van der Waals surface area contributed by atoms with E-state index in [1.165, 1.54) is 0 Å². The monoisotopic (exact) mass is 267 g/mol. The highest BCUT2D eigenvalue weighted by Crippen LogP contribution is 2.26. The zero-order valence-electron chi connectivity index (χ0n) is 11.6. The zero-order valence-corrected chi connectivity index (χ0v) is 11.6. The third kappa shape index (κ3) is 1.99. The Morgan fingerprint density at radius 3 is 2.80 bits per heavy atom. The van der Waals surface area contributed by atoms with Gasteiger partial charge in [-0.2, -0.15) is 0 Å². The number of anilines is 1. The van der Waals surface area contributed by atoms with Crippen molar-refractivity contribution in [3.8, 4) is 11.4 Å². The van der Waals surface area contributed by atoms with Crippen LogP contribution < -0.4 is 10.5 Å². The van der Waals surface area contributed by atoms with Crippen LogP contribution in [-0.4, -0.2) is 16.2 Å². The summed E-state index contributed by atoms with van der Waals surface area (Å²) in [5.74, 6) is 1.32. The molecule has 2 N–H and O–H groups in total. The first kappa shape index (κ1) is 12.5. The third-order valence-corrected chi connectivity index (χ3v) is 3.30. The number of nitrogens with two attached hydrogens (primary N) is 1. The molecule has 0 radical (unpaired) electrons. The fourth-order valence-electron chi connectivity index (χ4n) is 2.41. The lowest BCUT2D eigenvalue weighted by Gasteiger charge is -2.09. The van der Waals surface area contributed by atoms with Gasteiger partial charge in [-0.1, -0.05) is 18.2 Å². The van der Waals surface area contributed by atoms with Crippen LogP contribution in [0, 0.1) is 6.92 Å². The molecule has 0 aliphatic rings. The van der Waals surface area contributed by atoms with E-state index in [1.807, 2.05) is 60.9 Å². The zero-order chi connectivity index (χ0) is 14.1. The molecule has 4 heteroatoms. The molecule has 0 atom stereocenters. The number of fused-ring (bicyclic) bond motifs is 1. The van der Waals surface area contributed by atoms with Gasteiger partial charge >= 0.3 is 0 Å². The van der Waals surface area contributed by atoms with Gasteiger partial charge in [0.15, 0.2) is 0 Å². The van der Waals surface area contributed by atoms with Crippen LogP contribution in [0.5, 0.6) is 5.75 Å². The summed E-state index contributed by atoms with van der Waals surface area (Å²) < 4.78 is 7.49. The number of rotatable bonds is 3. The van der Waals surface area contributed by atoms with Crippen LogP contribution in [0.2, 0.25) is 0 Å². The Hall–Kier alpha value is -2.49. The molecule has 0 spiro atoms. The van der Waals surface area contributed by atoms with Gasteiger partial charge in [0.05, 0.1) is 23.3 Å². The van der Waals surface area contributed by atoms with E-state index in [2.05, 4.69) is 4.98 Å². The lowest BCUT2D eigenvalue weighted by atomic mass is 10.2. The van der Waals surface area contributed by atoms with Crippen molar-refractivity contribution in [3.05, 3.63) is 48.0 Å². The summed E-state index contributed by atoms with van der Waals surface area (Å²) >= 11 is 0. The fraction of sp³-hybridized carbons (Fsp3) is 0.188. The summed E-state index contributed by atoms with van der Waals surface area (Å²) in [5.41, 5.74) is 10.1. The SMILES string of the molecule is CCOc1cccc(-n2c(N)nc3c(C)cccc32)c1. The molecule has 4 nitrogen and oxygen atoms in total. The van der Waals surface area contributed by atoms with Crippen molar-refractivity contribution in [1.82, 2.24) is 9.55 Å². The van der Waals surface area contributed by atoms with Gasteiger partial charge in [-0.3, -0.25) is 4.57 Å². The minimum absolute atomic E-state index is 0.489. The second kappa shape index (κ2) is 4.89. The van der Waals surface area contributed by atoms with Crippen LogP contribution in [0.3, 0.4) is 0 Å². The minimum Gasteiger partial charge on any atom is -0.494 e. The number of nitrogen functional groups attached to an aromatic ring is 1. The average molecular weight is 267 g/mol. The van der Waals surface area contributed by atoms with Crippen molar-refractivity contribution < 1.29 is 4.74 Å². The molecule has 102 valence electrons. The van der Waals surface area contributed by atoms with Crippen molar-refractivity contribution in [2.75, 3.05) is 12.3 Å². The summed E-state index contributed by atoms with van der Waals surface area (Å²) in [6.07, 6.45) is 0. The van der Waals surface area contributed by atoms with E-state index in [-0.39, 0.29) is 0 Å². The predicted molar refractivity (Wildman–Crippen MR) is 81.4 cm³/mol. The highest BCUT2D eigenvalue weighted by Gasteiger charge is 2.11. The lowest BCUT2D eigenvalue weighted by Crippen LogP contribution is -2.01. The maximum absolute atomic E-state index is 6.09. The number of aromatic nitrogens is 2. The Morgan fingerprint density at radius 2 is 2.00 bits per heavy atom. The van der Waals surface area contributed by atoms with Crippen LogP contribution in [0.25, 0.3) is 16.7 Å². The van der Waals surface area contributed by atoms with Gasteiger partial charge in [0.2, 0.25) is 5.95 Å². The number of aryl methyl sites for hydroxylation is 1. The molecule has 2 aromatic carbocycles. The molecule has 0 fully saturated rings. The molecule has 3 rings (SSSR count). The van der Waals surface area contributed by atoms with Gasteiger partial charge < -0.3 is 10.5 Å². The fourth-order valence-corrected chi connectivity index (χ4v) is 2.41. The van der Waals surface area contributed by atoms with E-state index in [0.29, 0.717) is 12.6 Å². The molecule has 20 heavy (non-hydrogen) atoms. The van der Waals surface area contributed by atoms with Gasteiger partial charge in [0.1, 0.15) is 5.75 Å². The Kier molecular flexibility index (Phi) is 3.06. The van der Waals surface area contributed by atoms with E-state index >= 15 is 0 Å². The number of imidazole rings is 1. The molecule has 0 aliphatic heterocycles. The van der Waals surface area contributed by atoms with Crippen molar-refractivity contribution >= 4 is 17.0 Å². The minimum atomic E-state index is 0.489. The molecule has 0 bridgehead atoms. The van der Waals surface area contributed by atoms with Crippen LogP contribution in [0.1, 0.15) is 12.5 Å². The summed E-state index contributed by atoms with van der Waals surface area (Å²) in [5, 5.41) is 0. The molecule has 1 heterocycles. The second-order valence-corrected chi connectivity index (χ2v) is 4.68. The van der Waals surface area contributed by atoms with Crippen LogP contribution in [-0.2, 0) is 0 Å². The molecule has 0 aliphatic carbocycles. The first-order chi connectivity index (χ1) is 9.70. The maximum atomic E-state index is 6.09. The molecular weight excluding hydrogens is 250 g/mol. The smallest absolute Gasteiger partial charge is 0.205 e. The molecule has 0 saturated heterocycles. The number of benzene rings is 2. The van der Waals surface area contributed by atoms with Crippen LogP contribution >= 0.6 is 0 Å². The van der Waals surface area contributed by atoms with Crippen molar-refractivity contribution in [3.63, 3.8) is 0 Å². The highest BCUT2D eigenvalue weighted by molar-refractivity contribution is 5.83. The summed E-state index contributed by atoms with van der Waals surface area (Å²) in [6.45, 7) is 4.65. The van der Waals surface area contributed by atoms with E-state index in [9.17, 15) is 0 Å². The Balaban J connectivity index is 2.21. The number of nitrogens with zero attached hydrogens (tertiary/aromatic N) is 2. The van der Waals surface area contributed by atoms with Gasteiger partial charge in [-0.25, -0.2) is 4.98 Å². The number of hydrogen-bond donors (Lipinski definition) is 1. The topological polar surface area (TPSA) is 53.1 Å². The quantitative estimate of drug-likeness (QED) is 0.792. The predicted octanol–water partition coefficient (Wildman–Crippen LogP) is 3.31.